The fourth-order valence-electron chi connectivity index (χ4n) is 1.62. The first-order valence-electron chi connectivity index (χ1n) is 6.65. The van der Waals surface area contributed by atoms with E-state index < -0.39 is 6.10 Å². The second-order valence-corrected chi connectivity index (χ2v) is 4.68. The number of nitriles is 1. The molecule has 0 aliphatic heterocycles. The molecule has 1 rings (SSSR count). The zero-order valence-electron chi connectivity index (χ0n) is 11.8. The number of hydrogen-bond donors (Lipinski definition) is 2. The van der Waals surface area contributed by atoms with Crippen molar-refractivity contribution in [3.63, 3.8) is 0 Å². The number of benzene rings is 1. The lowest BCUT2D eigenvalue weighted by atomic mass is 10.2. The molecule has 0 aliphatic rings. The Hall–Kier alpha value is -2.06. The van der Waals surface area contributed by atoms with E-state index in [2.05, 4.69) is 5.32 Å². The van der Waals surface area contributed by atoms with E-state index in [9.17, 15) is 4.79 Å². The van der Waals surface area contributed by atoms with Gasteiger partial charge in [-0.3, -0.25) is 4.79 Å². The number of rotatable bonds is 7. The van der Waals surface area contributed by atoms with Crippen LogP contribution in [-0.2, 0) is 4.79 Å². The zero-order chi connectivity index (χ0) is 15.0. The van der Waals surface area contributed by atoms with Crippen molar-refractivity contribution >= 4 is 5.91 Å². The number of ether oxygens (including phenoxy) is 1. The van der Waals surface area contributed by atoms with Gasteiger partial charge >= 0.3 is 0 Å². The minimum absolute atomic E-state index is 0.194. The van der Waals surface area contributed by atoms with Gasteiger partial charge in [-0.1, -0.05) is 0 Å². The number of hydrogen-bond acceptors (Lipinski definition) is 4. The molecule has 0 heterocycles. The predicted octanol–water partition coefficient (Wildman–Crippen LogP) is 1.60. The fourth-order valence-corrected chi connectivity index (χ4v) is 1.62. The van der Waals surface area contributed by atoms with Gasteiger partial charge in [0, 0.05) is 6.54 Å². The molecule has 0 aromatic heterocycles. The maximum atomic E-state index is 11.8. The average Bonchev–Trinajstić information content (AvgIpc) is 2.44. The average molecular weight is 276 g/mol. The van der Waals surface area contributed by atoms with Crippen molar-refractivity contribution in [2.24, 2.45) is 0 Å². The molecule has 20 heavy (non-hydrogen) atoms. The highest BCUT2D eigenvalue weighted by molar-refractivity contribution is 5.80. The van der Waals surface area contributed by atoms with Gasteiger partial charge < -0.3 is 15.2 Å². The molecule has 0 saturated carbocycles. The summed E-state index contributed by atoms with van der Waals surface area (Å²) in [6, 6.07) is 8.63. The molecule has 5 nitrogen and oxygen atoms in total. The van der Waals surface area contributed by atoms with Crippen molar-refractivity contribution < 1.29 is 14.6 Å². The van der Waals surface area contributed by atoms with Gasteiger partial charge in [0.15, 0.2) is 6.10 Å². The second kappa shape index (κ2) is 8.18. The van der Waals surface area contributed by atoms with Gasteiger partial charge in [-0.15, -0.1) is 0 Å². The van der Waals surface area contributed by atoms with Gasteiger partial charge in [-0.05, 0) is 51.0 Å². The molecule has 0 radical (unpaired) electrons. The van der Waals surface area contributed by atoms with Gasteiger partial charge in [0.05, 0.1) is 17.7 Å². The van der Waals surface area contributed by atoms with E-state index in [-0.39, 0.29) is 12.0 Å². The van der Waals surface area contributed by atoms with E-state index in [1.807, 2.05) is 6.07 Å². The van der Waals surface area contributed by atoms with Crippen LogP contribution in [0.2, 0.25) is 0 Å². The summed E-state index contributed by atoms with van der Waals surface area (Å²) in [5, 5.41) is 20.5. The SMILES string of the molecule is CC(O)CCCNC(=O)C(C)Oc1ccc(C#N)cc1. The third-order valence-electron chi connectivity index (χ3n) is 2.76. The van der Waals surface area contributed by atoms with E-state index in [1.54, 1.807) is 38.1 Å². The zero-order valence-corrected chi connectivity index (χ0v) is 11.8. The molecule has 1 aromatic rings. The highest BCUT2D eigenvalue weighted by atomic mass is 16.5. The lowest BCUT2D eigenvalue weighted by Crippen LogP contribution is -2.37. The smallest absolute Gasteiger partial charge is 0.260 e. The summed E-state index contributed by atoms with van der Waals surface area (Å²) in [6.45, 7) is 3.91. The molecule has 1 aromatic carbocycles. The van der Waals surface area contributed by atoms with E-state index in [0.717, 1.165) is 6.42 Å². The predicted molar refractivity (Wildman–Crippen MR) is 75.2 cm³/mol. The number of amides is 1. The van der Waals surface area contributed by atoms with E-state index in [0.29, 0.717) is 24.3 Å². The highest BCUT2D eigenvalue weighted by Crippen LogP contribution is 2.13. The van der Waals surface area contributed by atoms with Crippen molar-refractivity contribution in [3.05, 3.63) is 29.8 Å². The standard InChI is InChI=1S/C15H20N2O3/c1-11(18)4-3-9-17-15(19)12(2)20-14-7-5-13(10-16)6-8-14/h5-8,11-12,18H,3-4,9H2,1-2H3,(H,17,19). The Morgan fingerprint density at radius 2 is 2.05 bits per heavy atom. The molecule has 1 amide bonds. The van der Waals surface area contributed by atoms with Crippen molar-refractivity contribution in [2.75, 3.05) is 6.54 Å². The first kappa shape index (κ1) is 16.0. The number of nitrogens with zero attached hydrogens (tertiary/aromatic N) is 1. The minimum atomic E-state index is -0.602. The number of aliphatic hydroxyl groups is 1. The second-order valence-electron chi connectivity index (χ2n) is 4.68. The number of aliphatic hydroxyl groups excluding tert-OH is 1. The Labute approximate surface area is 119 Å². The van der Waals surface area contributed by atoms with Gasteiger partial charge in [0.25, 0.3) is 5.91 Å². The van der Waals surface area contributed by atoms with Gasteiger partial charge in [-0.2, -0.15) is 5.26 Å². The number of nitrogens with one attached hydrogen (secondary N) is 1. The summed E-state index contributed by atoms with van der Waals surface area (Å²) >= 11 is 0. The number of carbonyl (C=O) groups excluding carboxylic acids is 1. The maximum absolute atomic E-state index is 11.8. The van der Waals surface area contributed by atoms with Crippen molar-refractivity contribution in [2.45, 2.75) is 38.9 Å². The van der Waals surface area contributed by atoms with Crippen molar-refractivity contribution in [3.8, 4) is 11.8 Å². The number of carbonyl (C=O) groups is 1. The summed E-state index contributed by atoms with van der Waals surface area (Å²) < 4.78 is 5.48. The molecular formula is C15H20N2O3. The Bertz CT molecular complexity index is 463. The molecule has 108 valence electrons. The monoisotopic (exact) mass is 276 g/mol. The lowest BCUT2D eigenvalue weighted by Gasteiger charge is -2.15. The molecular weight excluding hydrogens is 256 g/mol. The van der Waals surface area contributed by atoms with Crippen LogP contribution in [0, 0.1) is 11.3 Å². The quantitative estimate of drug-likeness (QED) is 0.741. The van der Waals surface area contributed by atoms with Crippen LogP contribution in [0.25, 0.3) is 0 Å². The third kappa shape index (κ3) is 5.72. The van der Waals surface area contributed by atoms with Gasteiger partial charge in [0.2, 0.25) is 0 Å². The Morgan fingerprint density at radius 3 is 2.60 bits per heavy atom. The topological polar surface area (TPSA) is 82.3 Å². The largest absolute Gasteiger partial charge is 0.481 e. The first-order chi connectivity index (χ1) is 9.52. The molecule has 0 spiro atoms. The van der Waals surface area contributed by atoms with Crippen LogP contribution in [0.1, 0.15) is 32.3 Å². The third-order valence-corrected chi connectivity index (χ3v) is 2.76. The molecule has 2 unspecified atom stereocenters. The summed E-state index contributed by atoms with van der Waals surface area (Å²) in [6.07, 6.45) is 0.437. The Kier molecular flexibility index (Phi) is 6.54. The van der Waals surface area contributed by atoms with Crippen LogP contribution in [0.4, 0.5) is 0 Å². The van der Waals surface area contributed by atoms with Crippen LogP contribution in [0.3, 0.4) is 0 Å². The van der Waals surface area contributed by atoms with Gasteiger partial charge in [-0.25, -0.2) is 0 Å². The summed E-state index contributed by atoms with van der Waals surface area (Å²) in [5.74, 6) is 0.357. The molecule has 0 saturated heterocycles. The summed E-state index contributed by atoms with van der Waals surface area (Å²) in [7, 11) is 0. The van der Waals surface area contributed by atoms with Crippen LogP contribution >= 0.6 is 0 Å². The first-order valence-corrected chi connectivity index (χ1v) is 6.65. The Balaban J connectivity index is 2.35. The van der Waals surface area contributed by atoms with Crippen molar-refractivity contribution in [1.29, 1.82) is 5.26 Å². The molecule has 2 N–H and O–H groups in total. The van der Waals surface area contributed by atoms with Crippen LogP contribution < -0.4 is 10.1 Å². The molecule has 0 bridgehead atoms. The van der Waals surface area contributed by atoms with E-state index >= 15 is 0 Å². The summed E-state index contributed by atoms with van der Waals surface area (Å²) in [4.78, 5) is 11.8. The molecule has 0 fully saturated rings. The molecule has 0 aliphatic carbocycles. The molecule has 2 atom stereocenters. The van der Waals surface area contributed by atoms with Crippen LogP contribution in [0.15, 0.2) is 24.3 Å². The fraction of sp³-hybridized carbons (Fsp3) is 0.467. The normalized spacial score (nSPS) is 13.1. The van der Waals surface area contributed by atoms with E-state index in [1.165, 1.54) is 0 Å². The molecule has 5 heteroatoms. The van der Waals surface area contributed by atoms with Crippen LogP contribution in [-0.4, -0.2) is 29.8 Å². The summed E-state index contributed by atoms with van der Waals surface area (Å²) in [5.41, 5.74) is 0.549. The van der Waals surface area contributed by atoms with E-state index in [4.69, 9.17) is 15.1 Å². The van der Waals surface area contributed by atoms with Crippen LogP contribution in [0.5, 0.6) is 5.75 Å². The lowest BCUT2D eigenvalue weighted by molar-refractivity contribution is -0.127. The van der Waals surface area contributed by atoms with Crippen molar-refractivity contribution in [1.82, 2.24) is 5.32 Å². The van der Waals surface area contributed by atoms with Gasteiger partial charge in [0.1, 0.15) is 5.75 Å². The highest BCUT2D eigenvalue weighted by Gasteiger charge is 2.13. The Morgan fingerprint density at radius 1 is 1.40 bits per heavy atom. The maximum Gasteiger partial charge on any atom is 0.260 e. The minimum Gasteiger partial charge on any atom is -0.481 e.